The zero-order valence-electron chi connectivity index (χ0n) is 8.28. The van der Waals surface area contributed by atoms with Crippen molar-refractivity contribution < 1.29 is 0 Å². The number of rotatable bonds is 0. The number of fused-ring (bicyclic) bond motifs is 1. The van der Waals surface area contributed by atoms with Crippen LogP contribution in [0.25, 0.3) is 11.0 Å². The van der Waals surface area contributed by atoms with Gasteiger partial charge in [0, 0.05) is 23.3 Å². The Labute approximate surface area is 78.2 Å². The molecule has 0 saturated heterocycles. The number of nitrogens with zero attached hydrogens (tertiary/aromatic N) is 2. The van der Waals surface area contributed by atoms with Crippen molar-refractivity contribution in [3.63, 3.8) is 0 Å². The monoisotopic (exact) mass is 174 g/mol. The maximum Gasteiger partial charge on any atom is 0.140 e. The third-order valence-corrected chi connectivity index (χ3v) is 2.17. The highest BCUT2D eigenvalue weighted by Crippen LogP contribution is 2.21. The van der Waals surface area contributed by atoms with Crippen LogP contribution in [0, 0.1) is 0 Å². The van der Waals surface area contributed by atoms with E-state index in [0.29, 0.717) is 0 Å². The average molecular weight is 174 g/mol. The van der Waals surface area contributed by atoms with Gasteiger partial charge < -0.3 is 4.57 Å². The topological polar surface area (TPSA) is 17.8 Å². The molecule has 0 fully saturated rings. The molecule has 0 atom stereocenters. The van der Waals surface area contributed by atoms with E-state index in [1.54, 1.807) is 0 Å². The van der Waals surface area contributed by atoms with Gasteiger partial charge in [-0.25, -0.2) is 4.98 Å². The fourth-order valence-corrected chi connectivity index (χ4v) is 1.51. The molecule has 2 rings (SSSR count). The lowest BCUT2D eigenvalue weighted by Crippen LogP contribution is -2.20. The first-order valence-corrected chi connectivity index (χ1v) is 4.51. The minimum atomic E-state index is 0.107. The summed E-state index contributed by atoms with van der Waals surface area (Å²) in [7, 11) is 0. The second kappa shape index (κ2) is 2.59. The molecule has 2 nitrogen and oxygen atoms in total. The number of pyridine rings is 1. The summed E-state index contributed by atoms with van der Waals surface area (Å²) in [5.41, 5.74) is 1.17. The second-order valence-corrected chi connectivity index (χ2v) is 4.27. The molecule has 2 heterocycles. The van der Waals surface area contributed by atoms with Crippen LogP contribution in [0.1, 0.15) is 20.8 Å². The summed E-state index contributed by atoms with van der Waals surface area (Å²) in [5.74, 6) is 0. The smallest absolute Gasteiger partial charge is 0.140 e. The number of hydrogen-bond donors (Lipinski definition) is 0. The van der Waals surface area contributed by atoms with E-state index in [1.165, 1.54) is 5.39 Å². The first kappa shape index (κ1) is 8.30. The van der Waals surface area contributed by atoms with E-state index in [0.717, 1.165) is 5.65 Å². The summed E-state index contributed by atoms with van der Waals surface area (Å²) in [5, 5.41) is 1.21. The van der Waals surface area contributed by atoms with Crippen LogP contribution in [0.5, 0.6) is 0 Å². The third kappa shape index (κ3) is 1.32. The molecule has 0 unspecified atom stereocenters. The van der Waals surface area contributed by atoms with Crippen molar-refractivity contribution in [1.29, 1.82) is 0 Å². The van der Waals surface area contributed by atoms with E-state index in [-0.39, 0.29) is 5.54 Å². The van der Waals surface area contributed by atoms with Gasteiger partial charge in [0.05, 0.1) is 0 Å². The quantitative estimate of drug-likeness (QED) is 0.600. The normalized spacial score (nSPS) is 12.2. The van der Waals surface area contributed by atoms with Crippen LogP contribution in [0.15, 0.2) is 30.6 Å². The van der Waals surface area contributed by atoms with Crippen LogP contribution < -0.4 is 0 Å². The number of hydrogen-bond acceptors (Lipinski definition) is 1. The fourth-order valence-electron chi connectivity index (χ4n) is 1.51. The van der Waals surface area contributed by atoms with Crippen molar-refractivity contribution in [3.8, 4) is 0 Å². The van der Waals surface area contributed by atoms with Crippen LogP contribution >= 0.6 is 0 Å². The van der Waals surface area contributed by atoms with E-state index in [2.05, 4.69) is 48.7 Å². The van der Waals surface area contributed by atoms with Crippen molar-refractivity contribution in [1.82, 2.24) is 9.55 Å². The summed E-state index contributed by atoms with van der Waals surface area (Å²) < 4.78 is 2.20. The minimum absolute atomic E-state index is 0.107. The van der Waals surface area contributed by atoms with Crippen molar-refractivity contribution in [2.75, 3.05) is 0 Å². The number of aromatic nitrogens is 2. The average Bonchev–Trinajstić information content (AvgIpc) is 2.45. The third-order valence-electron chi connectivity index (χ3n) is 2.17. The lowest BCUT2D eigenvalue weighted by Gasteiger charge is -2.21. The summed E-state index contributed by atoms with van der Waals surface area (Å²) in [6.45, 7) is 6.54. The van der Waals surface area contributed by atoms with Gasteiger partial charge in [-0.3, -0.25) is 0 Å². The Kier molecular flexibility index (Phi) is 1.65. The van der Waals surface area contributed by atoms with E-state index >= 15 is 0 Å². The van der Waals surface area contributed by atoms with Gasteiger partial charge in [-0.2, -0.15) is 0 Å². The second-order valence-electron chi connectivity index (χ2n) is 4.27. The standard InChI is InChI=1S/C11H14N2/c1-11(2,3)13-8-6-9-5-4-7-12-10(9)13/h4-8H,1-3H3. The van der Waals surface area contributed by atoms with E-state index in [1.807, 2.05) is 12.3 Å². The van der Waals surface area contributed by atoms with Crippen LogP contribution in [0.3, 0.4) is 0 Å². The molecule has 2 heteroatoms. The molecule has 0 N–H and O–H groups in total. The van der Waals surface area contributed by atoms with Gasteiger partial charge in [0.1, 0.15) is 5.65 Å². The van der Waals surface area contributed by atoms with E-state index < -0.39 is 0 Å². The molecule has 0 bridgehead atoms. The predicted octanol–water partition coefficient (Wildman–Crippen LogP) is 2.79. The molecular weight excluding hydrogens is 160 g/mol. The maximum absolute atomic E-state index is 4.37. The van der Waals surface area contributed by atoms with Gasteiger partial charge in [0.2, 0.25) is 0 Å². The molecule has 13 heavy (non-hydrogen) atoms. The fraction of sp³-hybridized carbons (Fsp3) is 0.364. The molecule has 0 aliphatic rings. The van der Waals surface area contributed by atoms with Crippen LogP contribution in [-0.4, -0.2) is 9.55 Å². The van der Waals surface area contributed by atoms with Gasteiger partial charge in [0.15, 0.2) is 0 Å². The predicted molar refractivity (Wildman–Crippen MR) is 54.7 cm³/mol. The Morgan fingerprint density at radius 3 is 2.69 bits per heavy atom. The highest BCUT2D eigenvalue weighted by Gasteiger charge is 2.14. The molecule has 68 valence electrons. The van der Waals surface area contributed by atoms with Gasteiger partial charge in [0.25, 0.3) is 0 Å². The van der Waals surface area contributed by atoms with Crippen molar-refractivity contribution >= 4 is 11.0 Å². The summed E-state index contributed by atoms with van der Waals surface area (Å²) in [6, 6.07) is 6.16. The molecule has 2 aromatic heterocycles. The molecule has 0 saturated carbocycles. The van der Waals surface area contributed by atoms with Gasteiger partial charge >= 0.3 is 0 Å². The van der Waals surface area contributed by atoms with Crippen molar-refractivity contribution in [3.05, 3.63) is 30.6 Å². The molecular formula is C11H14N2. The summed E-state index contributed by atoms with van der Waals surface area (Å²) in [4.78, 5) is 4.37. The van der Waals surface area contributed by atoms with Crippen LogP contribution in [0.2, 0.25) is 0 Å². The molecule has 0 aliphatic carbocycles. The summed E-state index contributed by atoms with van der Waals surface area (Å²) in [6.07, 6.45) is 3.93. The van der Waals surface area contributed by atoms with Gasteiger partial charge in [-0.1, -0.05) is 0 Å². The summed E-state index contributed by atoms with van der Waals surface area (Å²) >= 11 is 0. The molecule has 0 aliphatic heterocycles. The Bertz CT molecular complexity index is 421. The Hall–Kier alpha value is -1.31. The highest BCUT2D eigenvalue weighted by molar-refractivity contribution is 5.76. The van der Waals surface area contributed by atoms with Gasteiger partial charge in [-0.15, -0.1) is 0 Å². The lowest BCUT2D eigenvalue weighted by atomic mass is 10.1. The largest absolute Gasteiger partial charge is 0.327 e. The van der Waals surface area contributed by atoms with E-state index in [9.17, 15) is 0 Å². The highest BCUT2D eigenvalue weighted by atomic mass is 15.1. The van der Waals surface area contributed by atoms with Crippen molar-refractivity contribution in [2.24, 2.45) is 0 Å². The Morgan fingerprint density at radius 2 is 2.00 bits per heavy atom. The van der Waals surface area contributed by atoms with E-state index in [4.69, 9.17) is 0 Å². The Morgan fingerprint density at radius 1 is 1.23 bits per heavy atom. The van der Waals surface area contributed by atoms with Crippen LogP contribution in [0.4, 0.5) is 0 Å². The lowest BCUT2D eigenvalue weighted by molar-refractivity contribution is 0.408. The molecule has 0 aromatic carbocycles. The minimum Gasteiger partial charge on any atom is -0.327 e. The SMILES string of the molecule is CC(C)(C)n1ccc2cccnc21. The zero-order chi connectivity index (χ0) is 9.47. The van der Waals surface area contributed by atoms with Gasteiger partial charge in [-0.05, 0) is 39.0 Å². The zero-order valence-corrected chi connectivity index (χ0v) is 8.28. The van der Waals surface area contributed by atoms with Crippen molar-refractivity contribution in [2.45, 2.75) is 26.3 Å². The first-order valence-electron chi connectivity index (χ1n) is 4.51. The molecule has 2 aromatic rings. The molecule has 0 spiro atoms. The first-order chi connectivity index (χ1) is 6.09. The molecule has 0 amide bonds. The van der Waals surface area contributed by atoms with Crippen LogP contribution in [-0.2, 0) is 5.54 Å². The maximum atomic E-state index is 4.37. The molecule has 0 radical (unpaired) electrons. The Balaban J connectivity index is 2.72.